The van der Waals surface area contributed by atoms with Gasteiger partial charge in [0.2, 0.25) is 0 Å². The first-order valence-corrected chi connectivity index (χ1v) is 7.26. The molecular weight excluding hydrogens is 252 g/mol. The molecule has 5 heteroatoms. The van der Waals surface area contributed by atoms with Gasteiger partial charge in [0.1, 0.15) is 5.82 Å². The van der Waals surface area contributed by atoms with Gasteiger partial charge in [0.05, 0.1) is 11.9 Å². The van der Waals surface area contributed by atoms with Gasteiger partial charge in [-0.2, -0.15) is 0 Å². The lowest BCUT2D eigenvalue weighted by Gasteiger charge is -2.21. The highest BCUT2D eigenvalue weighted by Crippen LogP contribution is 2.16. The van der Waals surface area contributed by atoms with Gasteiger partial charge in [0.15, 0.2) is 5.69 Å². The summed E-state index contributed by atoms with van der Waals surface area (Å²) >= 11 is 0. The van der Waals surface area contributed by atoms with Crippen molar-refractivity contribution in [3.05, 3.63) is 17.7 Å². The summed E-state index contributed by atoms with van der Waals surface area (Å²) in [4.78, 5) is 21.1. The Morgan fingerprint density at radius 1 is 1.30 bits per heavy atom. The van der Waals surface area contributed by atoms with Crippen LogP contribution in [0, 0.1) is 5.92 Å². The third kappa shape index (κ3) is 3.92. The van der Waals surface area contributed by atoms with Crippen LogP contribution in [0.5, 0.6) is 0 Å². The fourth-order valence-corrected chi connectivity index (χ4v) is 2.01. The normalized spacial score (nSPS) is 12.6. The summed E-state index contributed by atoms with van der Waals surface area (Å²) in [5.74, 6) is 1.14. The molecule has 5 nitrogen and oxygen atoms in total. The summed E-state index contributed by atoms with van der Waals surface area (Å²) < 4.78 is 0. The molecule has 1 rings (SSSR count). The average Bonchev–Trinajstić information content (AvgIpc) is 2.43. The Hall–Kier alpha value is -1.65. The van der Waals surface area contributed by atoms with Crippen molar-refractivity contribution >= 4 is 11.6 Å². The number of amides is 1. The number of hydrogen-bond donors (Lipinski definition) is 2. The average molecular weight is 278 g/mol. The topological polar surface area (TPSA) is 66.9 Å². The van der Waals surface area contributed by atoms with E-state index in [9.17, 15) is 4.79 Å². The highest BCUT2D eigenvalue weighted by Gasteiger charge is 2.20. The van der Waals surface area contributed by atoms with Gasteiger partial charge in [-0.15, -0.1) is 0 Å². The molecular formula is C15H26N4O. The highest BCUT2D eigenvalue weighted by atomic mass is 16.2. The second-order valence-electron chi connectivity index (χ2n) is 5.63. The van der Waals surface area contributed by atoms with Gasteiger partial charge in [-0.3, -0.25) is 4.79 Å². The Morgan fingerprint density at radius 3 is 2.40 bits per heavy atom. The Bertz CT molecular complexity index is 457. The fourth-order valence-electron chi connectivity index (χ4n) is 2.01. The summed E-state index contributed by atoms with van der Waals surface area (Å²) in [5, 5.41) is 6.03. The fraction of sp³-hybridized carbons (Fsp3) is 0.667. The second-order valence-corrected chi connectivity index (χ2v) is 5.63. The predicted molar refractivity (Wildman–Crippen MR) is 82.1 cm³/mol. The van der Waals surface area contributed by atoms with Crippen LogP contribution in [-0.4, -0.2) is 29.0 Å². The molecule has 1 amide bonds. The van der Waals surface area contributed by atoms with Gasteiger partial charge in [-0.1, -0.05) is 34.6 Å². The summed E-state index contributed by atoms with van der Waals surface area (Å²) in [6.45, 7) is 10.3. The maximum Gasteiger partial charge on any atom is 0.272 e. The quantitative estimate of drug-likeness (QED) is 0.839. The number of hydrogen-bond acceptors (Lipinski definition) is 4. The lowest BCUT2D eigenvalue weighted by atomic mass is 10.0. The van der Waals surface area contributed by atoms with Gasteiger partial charge < -0.3 is 10.6 Å². The SMILES string of the molecule is CCC(NC(=O)c1nc(C(C)C)ncc1NC)C(C)C. The highest BCUT2D eigenvalue weighted by molar-refractivity contribution is 5.97. The molecule has 0 aliphatic rings. The van der Waals surface area contributed by atoms with Gasteiger partial charge in [-0.05, 0) is 12.3 Å². The maximum absolute atomic E-state index is 12.4. The number of nitrogens with zero attached hydrogens (tertiary/aromatic N) is 2. The number of aromatic nitrogens is 2. The molecule has 0 aromatic carbocycles. The van der Waals surface area contributed by atoms with E-state index in [1.54, 1.807) is 13.2 Å². The smallest absolute Gasteiger partial charge is 0.272 e. The molecule has 20 heavy (non-hydrogen) atoms. The standard InChI is InChI=1S/C15H26N4O/c1-7-11(9(2)3)18-15(20)13-12(16-6)8-17-14(19-13)10(4)5/h8-11,16H,7H2,1-6H3,(H,18,20). The molecule has 2 N–H and O–H groups in total. The first kappa shape index (κ1) is 16.4. The largest absolute Gasteiger partial charge is 0.385 e. The molecule has 0 bridgehead atoms. The van der Waals surface area contributed by atoms with Crippen LogP contribution < -0.4 is 10.6 Å². The van der Waals surface area contributed by atoms with Crippen LogP contribution in [0.15, 0.2) is 6.20 Å². The van der Waals surface area contributed by atoms with Gasteiger partial charge in [-0.25, -0.2) is 9.97 Å². The van der Waals surface area contributed by atoms with Crippen molar-refractivity contribution in [1.82, 2.24) is 15.3 Å². The Kier molecular flexibility index (Phi) is 5.92. The summed E-state index contributed by atoms with van der Waals surface area (Å²) in [5.41, 5.74) is 1.08. The van der Waals surface area contributed by atoms with Crippen molar-refractivity contribution in [2.24, 2.45) is 5.92 Å². The summed E-state index contributed by atoms with van der Waals surface area (Å²) in [6.07, 6.45) is 2.58. The van der Waals surface area contributed by atoms with Gasteiger partial charge >= 0.3 is 0 Å². The van der Waals surface area contributed by atoms with Crippen LogP contribution in [0.3, 0.4) is 0 Å². The maximum atomic E-state index is 12.4. The van der Waals surface area contributed by atoms with E-state index in [1.165, 1.54) is 0 Å². The monoisotopic (exact) mass is 278 g/mol. The number of nitrogens with one attached hydrogen (secondary N) is 2. The molecule has 112 valence electrons. The molecule has 0 spiro atoms. The zero-order valence-corrected chi connectivity index (χ0v) is 13.3. The molecule has 1 heterocycles. The molecule has 0 radical (unpaired) electrons. The number of carbonyl (C=O) groups excluding carboxylic acids is 1. The lowest BCUT2D eigenvalue weighted by molar-refractivity contribution is 0.0920. The first-order valence-electron chi connectivity index (χ1n) is 7.26. The van der Waals surface area contributed by atoms with E-state index in [1.807, 2.05) is 13.8 Å². The van der Waals surface area contributed by atoms with Crippen LogP contribution in [-0.2, 0) is 0 Å². The Labute approximate surface area is 121 Å². The first-order chi connectivity index (χ1) is 9.40. The van der Waals surface area contributed by atoms with Crippen molar-refractivity contribution < 1.29 is 4.79 Å². The molecule has 1 unspecified atom stereocenters. The van der Waals surface area contributed by atoms with E-state index in [-0.39, 0.29) is 17.9 Å². The summed E-state index contributed by atoms with van der Waals surface area (Å²) in [6, 6.07) is 0.157. The van der Waals surface area contributed by atoms with Gasteiger partial charge in [0, 0.05) is 19.0 Å². The molecule has 0 aliphatic heterocycles. The van der Waals surface area contributed by atoms with E-state index in [4.69, 9.17) is 0 Å². The number of carbonyl (C=O) groups is 1. The zero-order chi connectivity index (χ0) is 15.3. The Balaban J connectivity index is 3.03. The molecule has 1 aromatic heterocycles. The minimum atomic E-state index is -0.140. The molecule has 0 saturated carbocycles. The van der Waals surface area contributed by atoms with Crippen LogP contribution in [0.4, 0.5) is 5.69 Å². The minimum Gasteiger partial charge on any atom is -0.385 e. The van der Waals surface area contributed by atoms with E-state index >= 15 is 0 Å². The van der Waals surface area contributed by atoms with E-state index in [0.29, 0.717) is 23.1 Å². The third-order valence-electron chi connectivity index (χ3n) is 3.37. The van der Waals surface area contributed by atoms with Crippen LogP contribution in [0.2, 0.25) is 0 Å². The van der Waals surface area contributed by atoms with Gasteiger partial charge in [0.25, 0.3) is 5.91 Å². The molecule has 0 fully saturated rings. The molecule has 1 aromatic rings. The van der Waals surface area contributed by atoms with Crippen molar-refractivity contribution in [2.45, 2.75) is 53.0 Å². The molecule has 1 atom stereocenters. The van der Waals surface area contributed by atoms with Crippen LogP contribution in [0.25, 0.3) is 0 Å². The van der Waals surface area contributed by atoms with E-state index < -0.39 is 0 Å². The van der Waals surface area contributed by atoms with Crippen LogP contribution >= 0.6 is 0 Å². The van der Waals surface area contributed by atoms with Crippen molar-refractivity contribution in [3.63, 3.8) is 0 Å². The van der Waals surface area contributed by atoms with E-state index in [2.05, 4.69) is 41.4 Å². The minimum absolute atomic E-state index is 0.140. The van der Waals surface area contributed by atoms with Crippen molar-refractivity contribution in [3.8, 4) is 0 Å². The lowest BCUT2D eigenvalue weighted by Crippen LogP contribution is -2.38. The zero-order valence-electron chi connectivity index (χ0n) is 13.3. The number of rotatable bonds is 6. The second kappa shape index (κ2) is 7.22. The third-order valence-corrected chi connectivity index (χ3v) is 3.37. The molecule has 0 aliphatic carbocycles. The molecule has 0 saturated heterocycles. The van der Waals surface area contributed by atoms with Crippen molar-refractivity contribution in [1.29, 1.82) is 0 Å². The van der Waals surface area contributed by atoms with Crippen molar-refractivity contribution in [2.75, 3.05) is 12.4 Å². The van der Waals surface area contributed by atoms with Crippen LogP contribution in [0.1, 0.15) is 63.3 Å². The number of anilines is 1. The predicted octanol–water partition coefficient (Wildman–Crippen LogP) is 2.81. The summed E-state index contributed by atoms with van der Waals surface area (Å²) in [7, 11) is 1.77. The Morgan fingerprint density at radius 2 is 1.95 bits per heavy atom. The van der Waals surface area contributed by atoms with E-state index in [0.717, 1.165) is 6.42 Å².